The number of aromatic amines is 1. The number of anilines is 1. The smallest absolute Gasteiger partial charge is 0.164 e. The van der Waals surface area contributed by atoms with Crippen LogP contribution in [0, 0.1) is 5.41 Å². The number of benzene rings is 1. The Labute approximate surface area is 250 Å². The third kappa shape index (κ3) is 6.48. The number of ether oxygens (including phenoxy) is 1. The molecule has 5 rings (SSSR count). The molecule has 1 fully saturated rings. The molecular formula is C30H38ClN9O2. The van der Waals surface area contributed by atoms with Gasteiger partial charge in [0, 0.05) is 54.8 Å². The fraction of sp³-hybridized carbons (Fsp3) is 0.433. The number of halogens is 1. The van der Waals surface area contributed by atoms with E-state index in [9.17, 15) is 4.79 Å². The van der Waals surface area contributed by atoms with Gasteiger partial charge >= 0.3 is 0 Å². The van der Waals surface area contributed by atoms with Crippen LogP contribution in [0.1, 0.15) is 50.4 Å². The van der Waals surface area contributed by atoms with Gasteiger partial charge in [-0.15, -0.1) is 0 Å². The van der Waals surface area contributed by atoms with Gasteiger partial charge in [0.05, 0.1) is 34.9 Å². The van der Waals surface area contributed by atoms with Crippen molar-refractivity contribution in [1.82, 2.24) is 34.9 Å². The van der Waals surface area contributed by atoms with E-state index in [1.54, 1.807) is 12.1 Å². The molecule has 0 radical (unpaired) electrons. The predicted molar refractivity (Wildman–Crippen MR) is 167 cm³/mol. The van der Waals surface area contributed by atoms with Crippen LogP contribution in [0.3, 0.4) is 0 Å². The van der Waals surface area contributed by atoms with Gasteiger partial charge in [0.15, 0.2) is 11.4 Å². The molecular weight excluding hydrogens is 554 g/mol. The summed E-state index contributed by atoms with van der Waals surface area (Å²) in [4.78, 5) is 27.3. The highest BCUT2D eigenvalue weighted by atomic mass is 35.5. The Hall–Kier alpha value is -3.80. The standard InChI is InChI=1S/C30H38ClN9O2/c1-30(2,3)40-29-24(28(33)35-18-36-29)26(38-40)27-25(31)21-8-7-19(17-22(21)37-27)23(41)6-4-5-20(32)9-10-34-11-12-39-13-15-42-16-14-39/h7-10,17-18,32,34,37H,4-6,11-16H2,1-3H3,(H2,33,35,36)/b10-9-,32-20?. The van der Waals surface area contributed by atoms with Crippen LogP contribution in [0.15, 0.2) is 36.8 Å². The van der Waals surface area contributed by atoms with Gasteiger partial charge in [-0.05, 0) is 52.0 Å². The van der Waals surface area contributed by atoms with Crippen molar-refractivity contribution in [2.75, 3.05) is 45.1 Å². The fourth-order valence-electron chi connectivity index (χ4n) is 5.07. The Morgan fingerprint density at radius 3 is 2.79 bits per heavy atom. The first-order chi connectivity index (χ1) is 20.1. The third-order valence-corrected chi connectivity index (χ3v) is 7.74. The average molecular weight is 592 g/mol. The van der Waals surface area contributed by atoms with E-state index in [1.165, 1.54) is 6.33 Å². The second kappa shape index (κ2) is 12.6. The minimum Gasteiger partial charge on any atom is -0.390 e. The van der Waals surface area contributed by atoms with E-state index in [2.05, 4.69) is 25.2 Å². The number of morpholine rings is 1. The van der Waals surface area contributed by atoms with Crippen LogP contribution in [0.4, 0.5) is 5.82 Å². The quantitative estimate of drug-likeness (QED) is 0.111. The number of allylic oxidation sites excluding steroid dienone is 1. The first-order valence-electron chi connectivity index (χ1n) is 14.3. The van der Waals surface area contributed by atoms with Crippen LogP contribution in [0.5, 0.6) is 0 Å². The van der Waals surface area contributed by atoms with Crippen LogP contribution in [-0.4, -0.2) is 80.5 Å². The highest BCUT2D eigenvalue weighted by Crippen LogP contribution is 2.39. The molecule has 0 amide bonds. The molecule has 11 nitrogen and oxygen atoms in total. The molecule has 3 aromatic heterocycles. The number of aromatic nitrogens is 5. The summed E-state index contributed by atoms with van der Waals surface area (Å²) in [5.74, 6) is 0.338. The molecule has 1 aromatic carbocycles. The van der Waals surface area contributed by atoms with Crippen LogP contribution in [0.2, 0.25) is 5.02 Å². The van der Waals surface area contributed by atoms with Crippen molar-refractivity contribution in [3.05, 3.63) is 47.4 Å². The zero-order chi connectivity index (χ0) is 29.9. The van der Waals surface area contributed by atoms with Gasteiger partial charge in [-0.1, -0.05) is 23.7 Å². The molecule has 1 aliphatic heterocycles. The summed E-state index contributed by atoms with van der Waals surface area (Å²) in [5.41, 5.74) is 9.51. The molecule has 42 heavy (non-hydrogen) atoms. The summed E-state index contributed by atoms with van der Waals surface area (Å²) >= 11 is 6.83. The van der Waals surface area contributed by atoms with E-state index in [-0.39, 0.29) is 11.3 Å². The van der Waals surface area contributed by atoms with Crippen molar-refractivity contribution in [3.8, 4) is 11.4 Å². The van der Waals surface area contributed by atoms with Crippen molar-refractivity contribution in [3.63, 3.8) is 0 Å². The Morgan fingerprint density at radius 2 is 2.02 bits per heavy atom. The number of carbonyl (C=O) groups excluding carboxylic acids is 1. The highest BCUT2D eigenvalue weighted by molar-refractivity contribution is 6.38. The molecule has 0 bridgehead atoms. The van der Waals surface area contributed by atoms with Crippen LogP contribution in [-0.2, 0) is 10.3 Å². The number of H-pyrrole nitrogens is 1. The molecule has 222 valence electrons. The number of ketones is 1. The zero-order valence-corrected chi connectivity index (χ0v) is 25.1. The molecule has 0 aliphatic carbocycles. The Bertz CT molecular complexity index is 1630. The second-order valence-corrected chi connectivity index (χ2v) is 11.9. The van der Waals surface area contributed by atoms with Crippen molar-refractivity contribution in [2.24, 2.45) is 0 Å². The van der Waals surface area contributed by atoms with Gasteiger partial charge in [0.1, 0.15) is 17.8 Å². The van der Waals surface area contributed by atoms with Crippen molar-refractivity contribution in [2.45, 2.75) is 45.6 Å². The predicted octanol–water partition coefficient (Wildman–Crippen LogP) is 4.77. The second-order valence-electron chi connectivity index (χ2n) is 11.5. The van der Waals surface area contributed by atoms with E-state index in [0.29, 0.717) is 63.8 Å². The van der Waals surface area contributed by atoms with E-state index in [1.807, 2.05) is 43.8 Å². The molecule has 0 saturated carbocycles. The number of nitrogens with one attached hydrogen (secondary N) is 3. The monoisotopic (exact) mass is 591 g/mol. The normalized spacial score (nSPS) is 14.8. The topological polar surface area (TPSA) is 151 Å². The maximum Gasteiger partial charge on any atom is 0.164 e. The van der Waals surface area contributed by atoms with E-state index < -0.39 is 0 Å². The summed E-state index contributed by atoms with van der Waals surface area (Å²) in [6, 6.07) is 5.46. The molecule has 5 N–H and O–H groups in total. The number of fused-ring (bicyclic) bond motifs is 2. The lowest BCUT2D eigenvalue weighted by Gasteiger charge is -2.26. The first kappa shape index (κ1) is 29.7. The number of hydrogen-bond acceptors (Lipinski definition) is 9. The lowest BCUT2D eigenvalue weighted by atomic mass is 10.0. The van der Waals surface area contributed by atoms with Crippen molar-refractivity contribution < 1.29 is 9.53 Å². The third-order valence-electron chi connectivity index (χ3n) is 7.35. The van der Waals surface area contributed by atoms with Crippen LogP contribution >= 0.6 is 11.6 Å². The number of nitrogens with zero attached hydrogens (tertiary/aromatic N) is 5. The van der Waals surface area contributed by atoms with Gasteiger partial charge in [-0.2, -0.15) is 5.10 Å². The van der Waals surface area contributed by atoms with Crippen molar-refractivity contribution in [1.29, 1.82) is 5.41 Å². The Kier molecular flexibility index (Phi) is 8.91. The summed E-state index contributed by atoms with van der Waals surface area (Å²) in [6.07, 6.45) is 6.49. The molecule has 0 atom stereocenters. The molecule has 4 aromatic rings. The minimum atomic E-state index is -0.346. The summed E-state index contributed by atoms with van der Waals surface area (Å²) in [6.45, 7) is 11.4. The Morgan fingerprint density at radius 1 is 1.24 bits per heavy atom. The SMILES string of the molecule is CC(C)(C)n1nc(-c2[nH]c3cc(C(=O)CCCC(=N)/C=C\NCCN4CCOCC4)ccc3c2Cl)c2c(N)ncnc21. The summed E-state index contributed by atoms with van der Waals surface area (Å²) < 4.78 is 7.18. The maximum absolute atomic E-state index is 13.0. The fourth-order valence-corrected chi connectivity index (χ4v) is 5.38. The largest absolute Gasteiger partial charge is 0.390 e. The van der Waals surface area contributed by atoms with E-state index in [0.717, 1.165) is 50.3 Å². The molecule has 0 spiro atoms. The zero-order valence-electron chi connectivity index (χ0n) is 24.3. The Balaban J connectivity index is 1.22. The van der Waals surface area contributed by atoms with E-state index in [4.69, 9.17) is 32.6 Å². The minimum absolute atomic E-state index is 0.0182. The van der Waals surface area contributed by atoms with Gasteiger partial charge in [-0.3, -0.25) is 9.69 Å². The summed E-state index contributed by atoms with van der Waals surface area (Å²) in [5, 5.41) is 18.2. The number of nitrogens with two attached hydrogens (primary N) is 1. The van der Waals surface area contributed by atoms with E-state index >= 15 is 0 Å². The van der Waals surface area contributed by atoms with Crippen molar-refractivity contribution >= 4 is 50.9 Å². The van der Waals surface area contributed by atoms with Gasteiger partial charge in [-0.25, -0.2) is 14.6 Å². The number of hydrogen-bond donors (Lipinski definition) is 4. The number of Topliss-reactive ketones (excluding diaryl/α,β-unsaturated/α-hetero) is 1. The molecule has 1 saturated heterocycles. The maximum atomic E-state index is 13.0. The van der Waals surface area contributed by atoms with Gasteiger partial charge in [0.2, 0.25) is 0 Å². The average Bonchev–Trinajstić information content (AvgIpc) is 3.52. The van der Waals surface area contributed by atoms with Crippen LogP contribution < -0.4 is 11.1 Å². The lowest BCUT2D eigenvalue weighted by molar-refractivity contribution is 0.0388. The molecule has 1 aliphatic rings. The number of rotatable bonds is 11. The van der Waals surface area contributed by atoms with Gasteiger partial charge in [0.25, 0.3) is 0 Å². The number of nitrogen functional groups attached to an aromatic ring is 1. The lowest BCUT2D eigenvalue weighted by Crippen LogP contribution is -2.39. The summed E-state index contributed by atoms with van der Waals surface area (Å²) in [7, 11) is 0. The molecule has 0 unspecified atom stereocenters. The van der Waals surface area contributed by atoms with Crippen LogP contribution in [0.25, 0.3) is 33.3 Å². The highest BCUT2D eigenvalue weighted by Gasteiger charge is 2.26. The van der Waals surface area contributed by atoms with Gasteiger partial charge < -0.3 is 26.2 Å². The molecule has 12 heteroatoms. The molecule has 4 heterocycles. The first-order valence-corrected chi connectivity index (χ1v) is 14.6. The number of carbonyl (C=O) groups is 1.